The maximum atomic E-state index is 12.6. The van der Waals surface area contributed by atoms with Crippen LogP contribution in [0.15, 0.2) is 54.9 Å². The fourth-order valence-electron chi connectivity index (χ4n) is 4.63. The minimum atomic E-state index is -1.02. The monoisotopic (exact) mass is 468 g/mol. The number of hydrogen-bond donors (Lipinski definition) is 2. The van der Waals surface area contributed by atoms with E-state index in [4.69, 9.17) is 4.98 Å². The SMILES string of the molecule is CN1CCC(c2ccc(Nc3nc(-c4ccc(C(C)(C)O)nc4)cc4c3C(=O)[N]C=C4)cc2)CC1. The maximum Gasteiger partial charge on any atom is 0.281 e. The van der Waals surface area contributed by atoms with Crippen molar-refractivity contribution in [2.75, 3.05) is 25.5 Å². The second-order valence-corrected chi connectivity index (χ2v) is 9.89. The number of amides is 1. The quantitative estimate of drug-likeness (QED) is 0.566. The molecule has 179 valence electrons. The molecule has 1 radical (unpaired) electrons. The minimum absolute atomic E-state index is 0.317. The molecule has 2 aliphatic heterocycles. The highest BCUT2D eigenvalue weighted by Gasteiger charge is 2.23. The fraction of sp³-hybridized carbons (Fsp3) is 0.321. The summed E-state index contributed by atoms with van der Waals surface area (Å²) in [5, 5.41) is 17.5. The number of benzene rings is 1. The summed E-state index contributed by atoms with van der Waals surface area (Å²) in [7, 11) is 2.17. The van der Waals surface area contributed by atoms with Crippen LogP contribution in [0, 0.1) is 0 Å². The first-order valence-corrected chi connectivity index (χ1v) is 12.0. The Morgan fingerprint density at radius 2 is 1.83 bits per heavy atom. The van der Waals surface area contributed by atoms with Crippen LogP contribution in [0.4, 0.5) is 11.5 Å². The Kier molecular flexibility index (Phi) is 6.13. The summed E-state index contributed by atoms with van der Waals surface area (Å²) < 4.78 is 0. The van der Waals surface area contributed by atoms with Crippen LogP contribution in [0.2, 0.25) is 0 Å². The molecule has 0 atom stereocenters. The molecule has 2 N–H and O–H groups in total. The molecule has 7 nitrogen and oxygen atoms in total. The number of pyridine rings is 2. The van der Waals surface area contributed by atoms with Gasteiger partial charge < -0.3 is 15.3 Å². The van der Waals surface area contributed by atoms with E-state index >= 15 is 0 Å². The molecule has 0 bridgehead atoms. The number of piperidine rings is 1. The van der Waals surface area contributed by atoms with Crippen molar-refractivity contribution in [1.29, 1.82) is 0 Å². The molecule has 0 saturated carbocycles. The molecular weight excluding hydrogens is 438 g/mol. The van der Waals surface area contributed by atoms with Gasteiger partial charge in [-0.05, 0) is 100 Å². The Bertz CT molecular complexity index is 1250. The van der Waals surface area contributed by atoms with Gasteiger partial charge in [0.2, 0.25) is 0 Å². The molecule has 35 heavy (non-hydrogen) atoms. The van der Waals surface area contributed by atoms with Crippen LogP contribution in [0.25, 0.3) is 17.3 Å². The molecule has 0 spiro atoms. The zero-order valence-electron chi connectivity index (χ0n) is 20.3. The summed E-state index contributed by atoms with van der Waals surface area (Å²) in [4.78, 5) is 24.2. The van der Waals surface area contributed by atoms with Gasteiger partial charge in [-0.25, -0.2) is 10.3 Å². The number of likely N-dealkylation sites (tertiary alicyclic amines) is 1. The third-order valence-electron chi connectivity index (χ3n) is 6.76. The highest BCUT2D eigenvalue weighted by Crippen LogP contribution is 2.32. The van der Waals surface area contributed by atoms with E-state index in [0.717, 1.165) is 29.9 Å². The van der Waals surface area contributed by atoms with E-state index in [1.165, 1.54) is 24.6 Å². The molecule has 7 heteroatoms. The van der Waals surface area contributed by atoms with Crippen LogP contribution in [0.1, 0.15) is 59.8 Å². The van der Waals surface area contributed by atoms with Gasteiger partial charge in [-0.2, -0.15) is 0 Å². The summed E-state index contributed by atoms with van der Waals surface area (Å²) in [6, 6.07) is 14.0. The van der Waals surface area contributed by atoms with E-state index in [1.54, 1.807) is 26.1 Å². The minimum Gasteiger partial charge on any atom is -0.384 e. The molecule has 1 aromatic carbocycles. The zero-order chi connectivity index (χ0) is 24.6. The highest BCUT2D eigenvalue weighted by atomic mass is 16.3. The predicted molar refractivity (Wildman–Crippen MR) is 137 cm³/mol. The van der Waals surface area contributed by atoms with Crippen LogP contribution < -0.4 is 10.6 Å². The van der Waals surface area contributed by atoms with Crippen molar-refractivity contribution in [3.63, 3.8) is 0 Å². The van der Waals surface area contributed by atoms with Crippen LogP contribution in [-0.2, 0) is 5.60 Å². The molecule has 1 amide bonds. The van der Waals surface area contributed by atoms with Crippen LogP contribution in [0.3, 0.4) is 0 Å². The van der Waals surface area contributed by atoms with Gasteiger partial charge in [0.05, 0.1) is 17.0 Å². The van der Waals surface area contributed by atoms with Gasteiger partial charge in [0.15, 0.2) is 0 Å². The second kappa shape index (κ2) is 9.24. The lowest BCUT2D eigenvalue weighted by molar-refractivity contribution is 0.0738. The first-order valence-electron chi connectivity index (χ1n) is 12.0. The van der Waals surface area contributed by atoms with Gasteiger partial charge >= 0.3 is 0 Å². The van der Waals surface area contributed by atoms with Crippen molar-refractivity contribution in [1.82, 2.24) is 20.2 Å². The van der Waals surface area contributed by atoms with E-state index in [-0.39, 0.29) is 5.91 Å². The zero-order valence-corrected chi connectivity index (χ0v) is 20.3. The smallest absolute Gasteiger partial charge is 0.281 e. The van der Waals surface area contributed by atoms with Crippen LogP contribution in [0.5, 0.6) is 0 Å². The van der Waals surface area contributed by atoms with Gasteiger partial charge in [-0.15, -0.1) is 0 Å². The van der Waals surface area contributed by atoms with E-state index in [2.05, 4.69) is 39.7 Å². The van der Waals surface area contributed by atoms with Crippen molar-refractivity contribution < 1.29 is 9.90 Å². The molecule has 5 rings (SSSR count). The number of carbonyl (C=O) groups excluding carboxylic acids is 1. The standard InChI is InChI=1S/C28H30N5O2/c1-28(2,35)24-9-6-21(17-30-24)23-16-20-10-13-29-27(34)25(20)26(32-23)31-22-7-4-18(5-8-22)19-11-14-33(3)15-12-19/h4-10,13,16-17,19,35H,11-12,14-15H2,1-3H3,(H,31,32). The number of aromatic nitrogens is 2. The number of rotatable bonds is 5. The molecule has 0 unspecified atom stereocenters. The Balaban J connectivity index is 1.45. The summed E-state index contributed by atoms with van der Waals surface area (Å²) >= 11 is 0. The van der Waals surface area contributed by atoms with Gasteiger partial charge in [-0.3, -0.25) is 9.78 Å². The number of fused-ring (bicyclic) bond motifs is 1. The lowest BCUT2D eigenvalue weighted by Gasteiger charge is -2.29. The first kappa shape index (κ1) is 23.2. The summed E-state index contributed by atoms with van der Waals surface area (Å²) in [5.41, 5.74) is 4.46. The van der Waals surface area contributed by atoms with Crippen molar-refractivity contribution in [2.24, 2.45) is 0 Å². The summed E-state index contributed by atoms with van der Waals surface area (Å²) in [6.45, 7) is 5.65. The Labute approximate surface area is 205 Å². The molecule has 1 fully saturated rings. The molecule has 0 aliphatic carbocycles. The van der Waals surface area contributed by atoms with Crippen molar-refractivity contribution >= 4 is 23.5 Å². The van der Waals surface area contributed by atoms with Crippen molar-refractivity contribution in [3.05, 3.63) is 77.2 Å². The summed E-state index contributed by atoms with van der Waals surface area (Å²) in [6.07, 6.45) is 7.37. The maximum absolute atomic E-state index is 12.6. The number of nitrogens with zero attached hydrogens (tertiary/aromatic N) is 4. The fourth-order valence-corrected chi connectivity index (χ4v) is 4.63. The number of aliphatic hydroxyl groups is 1. The Morgan fingerprint density at radius 1 is 1.09 bits per heavy atom. The van der Waals surface area contributed by atoms with Gasteiger partial charge in [-0.1, -0.05) is 12.1 Å². The largest absolute Gasteiger partial charge is 0.384 e. The van der Waals surface area contributed by atoms with E-state index in [0.29, 0.717) is 28.7 Å². The molecule has 3 aromatic rings. The number of anilines is 2. The van der Waals surface area contributed by atoms with E-state index in [1.807, 2.05) is 30.3 Å². The van der Waals surface area contributed by atoms with Crippen molar-refractivity contribution in [2.45, 2.75) is 38.2 Å². The van der Waals surface area contributed by atoms with Crippen LogP contribution in [-0.4, -0.2) is 46.0 Å². The average molecular weight is 469 g/mol. The van der Waals surface area contributed by atoms with Gasteiger partial charge in [0.1, 0.15) is 11.4 Å². The lowest BCUT2D eigenvalue weighted by Crippen LogP contribution is -2.29. The third kappa shape index (κ3) is 4.97. The normalized spacial score (nSPS) is 16.6. The highest BCUT2D eigenvalue weighted by molar-refractivity contribution is 6.05. The molecule has 1 saturated heterocycles. The Hall–Kier alpha value is -3.55. The third-order valence-corrected chi connectivity index (χ3v) is 6.76. The molecule has 2 aliphatic rings. The van der Waals surface area contributed by atoms with Gasteiger partial charge in [0, 0.05) is 23.6 Å². The molecule has 4 heterocycles. The Morgan fingerprint density at radius 3 is 2.49 bits per heavy atom. The summed E-state index contributed by atoms with van der Waals surface area (Å²) in [5.74, 6) is 0.732. The van der Waals surface area contributed by atoms with Crippen molar-refractivity contribution in [3.8, 4) is 11.3 Å². The van der Waals surface area contributed by atoms with E-state index < -0.39 is 5.60 Å². The number of carbonyl (C=O) groups is 1. The van der Waals surface area contributed by atoms with E-state index in [9.17, 15) is 9.90 Å². The number of hydrogen-bond acceptors (Lipinski definition) is 6. The average Bonchev–Trinajstić information content (AvgIpc) is 2.84. The molecular formula is C28H30N5O2. The van der Waals surface area contributed by atoms with Gasteiger partial charge in [0.25, 0.3) is 5.91 Å². The second-order valence-electron chi connectivity index (χ2n) is 9.89. The first-order chi connectivity index (χ1) is 16.8. The predicted octanol–water partition coefficient (Wildman–Crippen LogP) is 4.65. The topological polar surface area (TPSA) is 92.4 Å². The number of nitrogens with one attached hydrogen (secondary N) is 1. The molecule has 2 aromatic heterocycles. The van der Waals surface area contributed by atoms with Crippen LogP contribution >= 0.6 is 0 Å². The lowest BCUT2D eigenvalue weighted by atomic mass is 9.89.